The van der Waals surface area contributed by atoms with Crippen molar-refractivity contribution in [3.8, 4) is 5.75 Å². The molecular weight excluding hydrogens is 438 g/mol. The molecule has 1 aromatic heterocycles. The van der Waals surface area contributed by atoms with Gasteiger partial charge in [0, 0.05) is 5.69 Å². The first kappa shape index (κ1) is 23.5. The molecule has 1 aromatic carbocycles. The summed E-state index contributed by atoms with van der Waals surface area (Å²) in [6, 6.07) is 5.72. The van der Waals surface area contributed by atoms with Gasteiger partial charge in [0.1, 0.15) is 15.6 Å². The van der Waals surface area contributed by atoms with Crippen molar-refractivity contribution >= 4 is 51.3 Å². The number of hydrogen-bond acceptors (Lipinski definition) is 7. The maximum atomic E-state index is 12.4. The molecule has 2 aromatic rings. The van der Waals surface area contributed by atoms with E-state index in [2.05, 4.69) is 15.4 Å². The first-order chi connectivity index (χ1) is 14.3. The van der Waals surface area contributed by atoms with Gasteiger partial charge >= 0.3 is 18.6 Å². The highest BCUT2D eigenvalue weighted by atomic mass is 32.1. The molecule has 0 atom stereocenters. The fourth-order valence-corrected chi connectivity index (χ4v) is 3.80. The first-order valence-electron chi connectivity index (χ1n) is 8.87. The molecule has 0 aliphatic carbocycles. The van der Waals surface area contributed by atoms with Crippen molar-refractivity contribution in [1.29, 1.82) is 0 Å². The van der Waals surface area contributed by atoms with E-state index in [1.807, 2.05) is 0 Å². The molecule has 0 radical (unpaired) electrons. The summed E-state index contributed by atoms with van der Waals surface area (Å²) in [6.07, 6.45) is 0. The summed E-state index contributed by atoms with van der Waals surface area (Å²) in [6.45, 7) is 2.42. The van der Waals surface area contributed by atoms with E-state index in [0.29, 0.717) is 16.3 Å². The number of halogens is 2. The maximum Gasteiger partial charge on any atom is 0.387 e. The second-order valence-electron chi connectivity index (χ2n) is 5.68. The van der Waals surface area contributed by atoms with Gasteiger partial charge in [0.25, 0.3) is 0 Å². The zero-order chi connectivity index (χ0) is 22.3. The Hall–Kier alpha value is -2.79. The minimum absolute atomic E-state index is 0.00647. The molecule has 0 aliphatic rings. The molecule has 30 heavy (non-hydrogen) atoms. The molecular formula is C19H20F2N2O5S2. The fourth-order valence-electron chi connectivity index (χ4n) is 2.43. The van der Waals surface area contributed by atoms with E-state index < -0.39 is 18.6 Å². The van der Waals surface area contributed by atoms with E-state index in [4.69, 9.17) is 21.7 Å². The van der Waals surface area contributed by atoms with Gasteiger partial charge in [-0.25, -0.2) is 9.59 Å². The fraction of sp³-hybridized carbons (Fsp3) is 0.316. The summed E-state index contributed by atoms with van der Waals surface area (Å²) < 4.78 is 38.9. The van der Waals surface area contributed by atoms with Gasteiger partial charge in [0.15, 0.2) is 5.11 Å². The van der Waals surface area contributed by atoms with Crippen molar-refractivity contribution in [2.45, 2.75) is 27.4 Å². The number of esters is 2. The average molecular weight is 459 g/mol. The van der Waals surface area contributed by atoms with Gasteiger partial charge in [-0.05, 0) is 62.8 Å². The van der Waals surface area contributed by atoms with E-state index in [1.165, 1.54) is 24.3 Å². The number of thiophene rings is 1. The lowest BCUT2D eigenvalue weighted by Crippen LogP contribution is -2.20. The third kappa shape index (κ3) is 6.10. The molecule has 2 rings (SSSR count). The van der Waals surface area contributed by atoms with Crippen LogP contribution in [0, 0.1) is 6.92 Å². The third-order valence-electron chi connectivity index (χ3n) is 3.65. The molecule has 0 unspecified atom stereocenters. The second-order valence-corrected chi connectivity index (χ2v) is 7.11. The van der Waals surface area contributed by atoms with Crippen molar-refractivity contribution < 1.29 is 32.6 Å². The summed E-state index contributed by atoms with van der Waals surface area (Å²) in [7, 11) is 0. The molecule has 1 heterocycles. The van der Waals surface area contributed by atoms with Crippen LogP contribution in [0.2, 0.25) is 0 Å². The Kier molecular flexibility index (Phi) is 8.48. The Morgan fingerprint density at radius 1 is 1.07 bits per heavy atom. The molecule has 7 nitrogen and oxygen atoms in total. The molecule has 0 amide bonds. The summed E-state index contributed by atoms with van der Waals surface area (Å²) in [5, 5.41) is 6.20. The van der Waals surface area contributed by atoms with Crippen LogP contribution in [0.5, 0.6) is 5.75 Å². The first-order valence-corrected chi connectivity index (χ1v) is 10.1. The number of anilines is 2. The Bertz CT molecular complexity index is 916. The molecule has 2 N–H and O–H groups in total. The summed E-state index contributed by atoms with van der Waals surface area (Å²) in [5.41, 5.74) is 1.12. The van der Waals surface area contributed by atoms with Crippen molar-refractivity contribution in [2.75, 3.05) is 23.8 Å². The van der Waals surface area contributed by atoms with Gasteiger partial charge < -0.3 is 24.8 Å². The predicted molar refractivity (Wildman–Crippen MR) is 114 cm³/mol. The van der Waals surface area contributed by atoms with Gasteiger partial charge in [0.2, 0.25) is 0 Å². The summed E-state index contributed by atoms with van der Waals surface area (Å²) in [5.74, 6) is -1.14. The highest BCUT2D eigenvalue weighted by molar-refractivity contribution is 7.80. The largest absolute Gasteiger partial charge is 0.462 e. The van der Waals surface area contributed by atoms with Gasteiger partial charge in [-0.1, -0.05) is 0 Å². The molecule has 162 valence electrons. The maximum absolute atomic E-state index is 12.4. The van der Waals surface area contributed by atoms with Crippen LogP contribution < -0.4 is 15.4 Å². The summed E-state index contributed by atoms with van der Waals surface area (Å²) >= 11 is 6.29. The van der Waals surface area contributed by atoms with E-state index in [1.54, 1.807) is 20.8 Å². The highest BCUT2D eigenvalue weighted by Crippen LogP contribution is 2.34. The molecule has 0 saturated heterocycles. The Morgan fingerprint density at radius 3 is 2.23 bits per heavy atom. The average Bonchev–Trinajstić information content (AvgIpc) is 2.99. The van der Waals surface area contributed by atoms with E-state index in [9.17, 15) is 18.4 Å². The minimum atomic E-state index is -2.91. The van der Waals surface area contributed by atoms with Crippen LogP contribution in [-0.2, 0) is 9.47 Å². The Morgan fingerprint density at radius 2 is 1.67 bits per heavy atom. The van der Waals surface area contributed by atoms with Gasteiger partial charge in [-0.15, -0.1) is 11.3 Å². The van der Waals surface area contributed by atoms with Gasteiger partial charge in [-0.2, -0.15) is 8.78 Å². The Balaban J connectivity index is 2.21. The number of thiocarbonyl (C=S) groups is 1. The van der Waals surface area contributed by atoms with Crippen LogP contribution >= 0.6 is 23.6 Å². The van der Waals surface area contributed by atoms with Crippen LogP contribution in [0.4, 0.5) is 19.5 Å². The Labute approximate surface area is 181 Å². The highest BCUT2D eigenvalue weighted by Gasteiger charge is 2.26. The molecule has 11 heteroatoms. The van der Waals surface area contributed by atoms with Crippen molar-refractivity contribution in [2.24, 2.45) is 0 Å². The lowest BCUT2D eigenvalue weighted by Gasteiger charge is -2.11. The normalized spacial score (nSPS) is 10.5. The lowest BCUT2D eigenvalue weighted by molar-refractivity contribution is -0.0498. The monoisotopic (exact) mass is 458 g/mol. The number of carbonyl (C=O) groups is 2. The minimum Gasteiger partial charge on any atom is -0.462 e. The van der Waals surface area contributed by atoms with Crippen molar-refractivity contribution in [3.63, 3.8) is 0 Å². The van der Waals surface area contributed by atoms with Gasteiger partial charge in [0.05, 0.1) is 18.8 Å². The summed E-state index contributed by atoms with van der Waals surface area (Å²) in [4.78, 5) is 24.9. The molecule has 0 saturated carbocycles. The van der Waals surface area contributed by atoms with Gasteiger partial charge in [-0.3, -0.25) is 0 Å². The van der Waals surface area contributed by atoms with Crippen LogP contribution in [0.25, 0.3) is 0 Å². The van der Waals surface area contributed by atoms with Crippen LogP contribution in [-0.4, -0.2) is 36.9 Å². The van der Waals surface area contributed by atoms with E-state index in [-0.39, 0.29) is 34.5 Å². The number of benzene rings is 1. The zero-order valence-corrected chi connectivity index (χ0v) is 18.0. The lowest BCUT2D eigenvalue weighted by atomic mass is 10.1. The SMILES string of the molecule is CCOC(=O)c1sc(NC(=S)Nc2ccc(OC(F)F)cc2)c(C(=O)OCC)c1C. The number of hydrogen-bond donors (Lipinski definition) is 2. The smallest absolute Gasteiger partial charge is 0.387 e. The number of ether oxygens (including phenoxy) is 3. The quantitative estimate of drug-likeness (QED) is 0.430. The van der Waals surface area contributed by atoms with Crippen molar-refractivity contribution in [1.82, 2.24) is 0 Å². The van der Waals surface area contributed by atoms with Crippen LogP contribution in [0.3, 0.4) is 0 Å². The van der Waals surface area contributed by atoms with E-state index in [0.717, 1.165) is 11.3 Å². The van der Waals surface area contributed by atoms with Crippen molar-refractivity contribution in [3.05, 3.63) is 40.3 Å². The number of alkyl halides is 2. The molecule has 0 fully saturated rings. The molecule has 0 spiro atoms. The van der Waals surface area contributed by atoms with Crippen LogP contribution in [0.15, 0.2) is 24.3 Å². The zero-order valence-electron chi connectivity index (χ0n) is 16.4. The second kappa shape index (κ2) is 10.8. The third-order valence-corrected chi connectivity index (χ3v) is 5.04. The topological polar surface area (TPSA) is 85.9 Å². The van der Waals surface area contributed by atoms with Crippen LogP contribution in [0.1, 0.15) is 39.4 Å². The number of nitrogens with one attached hydrogen (secondary N) is 2. The molecule has 0 bridgehead atoms. The number of carbonyl (C=O) groups excluding carboxylic acids is 2. The van der Waals surface area contributed by atoms with E-state index >= 15 is 0 Å². The standard InChI is InChI=1S/C19H20F2N2O5S2/c1-4-26-16(24)13-10(3)14(17(25)27-5-2)30-15(13)23-19(29)22-11-6-8-12(9-7-11)28-18(20)21/h6-9,18H,4-5H2,1-3H3,(H2,22,23,29). The molecule has 0 aliphatic heterocycles. The number of rotatable bonds is 8. The predicted octanol–water partition coefficient (Wildman–Crippen LogP) is 4.82.